The molecule has 0 saturated carbocycles. The molecule has 4 heteroatoms. The van der Waals surface area contributed by atoms with Crippen LogP contribution in [0.15, 0.2) is 60.7 Å². The minimum atomic E-state index is 0.141. The lowest BCUT2D eigenvalue weighted by Gasteiger charge is -2.34. The number of para-hydroxylation sites is 1. The van der Waals surface area contributed by atoms with Crippen molar-refractivity contribution in [3.63, 3.8) is 0 Å². The summed E-state index contributed by atoms with van der Waals surface area (Å²) in [6.45, 7) is 5.21. The number of piperazine rings is 1. The lowest BCUT2D eigenvalue weighted by atomic mass is 10.2. The van der Waals surface area contributed by atoms with E-state index in [1.165, 1.54) is 0 Å². The summed E-state index contributed by atoms with van der Waals surface area (Å²) in [6, 6.07) is 19.4. The molecule has 0 radical (unpaired) electrons. The molecule has 2 aromatic carbocycles. The fraction of sp³-hybridized carbons (Fsp3) is 0.350. The monoisotopic (exact) mass is 324 g/mol. The van der Waals surface area contributed by atoms with Crippen LogP contribution in [0.25, 0.3) is 0 Å². The zero-order valence-electron chi connectivity index (χ0n) is 13.9. The van der Waals surface area contributed by atoms with Gasteiger partial charge in [-0.05, 0) is 30.7 Å². The van der Waals surface area contributed by atoms with Gasteiger partial charge in [0.25, 0.3) is 5.91 Å². The van der Waals surface area contributed by atoms with E-state index >= 15 is 0 Å². The number of carbonyl (C=O) groups excluding carboxylic acids is 1. The molecule has 126 valence electrons. The average Bonchev–Trinajstić information content (AvgIpc) is 2.67. The standard InChI is InChI=1S/C20H24N2O2/c23-20(18-8-3-1-4-9-18)22-15-13-21(14-16-22)12-7-17-24-19-10-5-2-6-11-19/h1-6,8-11H,7,12-17H2. The first-order valence-electron chi connectivity index (χ1n) is 8.57. The minimum absolute atomic E-state index is 0.141. The molecule has 1 saturated heterocycles. The van der Waals surface area contributed by atoms with E-state index in [9.17, 15) is 4.79 Å². The van der Waals surface area contributed by atoms with Crippen molar-refractivity contribution in [2.24, 2.45) is 0 Å². The summed E-state index contributed by atoms with van der Waals surface area (Å²) < 4.78 is 5.72. The third kappa shape index (κ3) is 4.59. The Morgan fingerprint density at radius 2 is 1.50 bits per heavy atom. The molecule has 1 heterocycles. The van der Waals surface area contributed by atoms with Gasteiger partial charge in [-0.25, -0.2) is 0 Å². The van der Waals surface area contributed by atoms with Crippen molar-refractivity contribution < 1.29 is 9.53 Å². The fourth-order valence-corrected chi connectivity index (χ4v) is 2.93. The highest BCUT2D eigenvalue weighted by Crippen LogP contribution is 2.10. The predicted molar refractivity (Wildman–Crippen MR) is 95.3 cm³/mol. The van der Waals surface area contributed by atoms with Gasteiger partial charge < -0.3 is 9.64 Å². The van der Waals surface area contributed by atoms with E-state index < -0.39 is 0 Å². The third-order valence-corrected chi connectivity index (χ3v) is 4.31. The van der Waals surface area contributed by atoms with Crippen molar-refractivity contribution in [1.29, 1.82) is 0 Å². The molecule has 0 aliphatic carbocycles. The van der Waals surface area contributed by atoms with Gasteiger partial charge in [-0.2, -0.15) is 0 Å². The lowest BCUT2D eigenvalue weighted by molar-refractivity contribution is 0.0630. The van der Waals surface area contributed by atoms with Crippen molar-refractivity contribution in [1.82, 2.24) is 9.80 Å². The SMILES string of the molecule is O=C(c1ccccc1)N1CCN(CCCOc2ccccc2)CC1. The van der Waals surface area contributed by atoms with Crippen LogP contribution >= 0.6 is 0 Å². The second-order valence-electron chi connectivity index (χ2n) is 6.01. The van der Waals surface area contributed by atoms with Crippen LogP contribution in [0.3, 0.4) is 0 Å². The van der Waals surface area contributed by atoms with Gasteiger partial charge in [-0.15, -0.1) is 0 Å². The van der Waals surface area contributed by atoms with Gasteiger partial charge in [-0.1, -0.05) is 36.4 Å². The molecule has 1 aliphatic rings. The van der Waals surface area contributed by atoms with Crippen molar-refractivity contribution >= 4 is 5.91 Å². The Labute approximate surface area is 143 Å². The first-order chi connectivity index (χ1) is 11.8. The van der Waals surface area contributed by atoms with E-state index in [2.05, 4.69) is 4.90 Å². The third-order valence-electron chi connectivity index (χ3n) is 4.31. The number of rotatable bonds is 6. The highest BCUT2D eigenvalue weighted by atomic mass is 16.5. The first-order valence-corrected chi connectivity index (χ1v) is 8.57. The maximum Gasteiger partial charge on any atom is 0.253 e. The van der Waals surface area contributed by atoms with Crippen molar-refractivity contribution in [3.05, 3.63) is 66.2 Å². The molecule has 0 N–H and O–H groups in total. The maximum absolute atomic E-state index is 12.4. The molecular weight excluding hydrogens is 300 g/mol. The molecule has 2 aromatic rings. The molecule has 0 bridgehead atoms. The number of amides is 1. The number of benzene rings is 2. The largest absolute Gasteiger partial charge is 0.494 e. The molecule has 0 atom stereocenters. The quantitative estimate of drug-likeness (QED) is 0.766. The molecule has 0 unspecified atom stereocenters. The van der Waals surface area contributed by atoms with Gasteiger partial charge in [0.1, 0.15) is 5.75 Å². The first kappa shape index (κ1) is 16.5. The van der Waals surface area contributed by atoms with Crippen LogP contribution in [0.2, 0.25) is 0 Å². The lowest BCUT2D eigenvalue weighted by Crippen LogP contribution is -2.49. The van der Waals surface area contributed by atoms with Crippen LogP contribution in [0, 0.1) is 0 Å². The molecule has 0 spiro atoms. The smallest absolute Gasteiger partial charge is 0.253 e. The van der Waals surface area contributed by atoms with Gasteiger partial charge >= 0.3 is 0 Å². The van der Waals surface area contributed by atoms with Crippen LogP contribution in [0.1, 0.15) is 16.8 Å². The van der Waals surface area contributed by atoms with Crippen LogP contribution < -0.4 is 4.74 Å². The molecule has 4 nitrogen and oxygen atoms in total. The van der Waals surface area contributed by atoms with E-state index in [1.54, 1.807) is 0 Å². The van der Waals surface area contributed by atoms with Crippen molar-refractivity contribution in [3.8, 4) is 5.75 Å². The number of carbonyl (C=O) groups is 1. The number of nitrogens with zero attached hydrogens (tertiary/aromatic N) is 2. The van der Waals surface area contributed by atoms with E-state index in [0.717, 1.165) is 57.1 Å². The summed E-state index contributed by atoms with van der Waals surface area (Å²) >= 11 is 0. The highest BCUT2D eigenvalue weighted by Gasteiger charge is 2.21. The van der Waals surface area contributed by atoms with Gasteiger partial charge in [0.05, 0.1) is 6.61 Å². The van der Waals surface area contributed by atoms with Gasteiger partial charge in [0.2, 0.25) is 0 Å². The average molecular weight is 324 g/mol. The fourth-order valence-electron chi connectivity index (χ4n) is 2.93. The van der Waals surface area contributed by atoms with Crippen LogP contribution in [0.5, 0.6) is 5.75 Å². The molecule has 1 aliphatic heterocycles. The summed E-state index contributed by atoms with van der Waals surface area (Å²) in [5, 5.41) is 0. The Hall–Kier alpha value is -2.33. The summed E-state index contributed by atoms with van der Waals surface area (Å²) in [7, 11) is 0. The number of hydrogen-bond acceptors (Lipinski definition) is 3. The van der Waals surface area contributed by atoms with Crippen LogP contribution in [-0.4, -0.2) is 55.0 Å². The summed E-state index contributed by atoms with van der Waals surface area (Å²) in [4.78, 5) is 16.8. The molecule has 1 amide bonds. The zero-order valence-corrected chi connectivity index (χ0v) is 13.9. The minimum Gasteiger partial charge on any atom is -0.494 e. The Morgan fingerprint density at radius 3 is 2.17 bits per heavy atom. The molecule has 3 rings (SSSR count). The van der Waals surface area contributed by atoms with Gasteiger partial charge in [-0.3, -0.25) is 9.69 Å². The highest BCUT2D eigenvalue weighted by molar-refractivity contribution is 5.94. The molecule has 0 aromatic heterocycles. The van der Waals surface area contributed by atoms with Gasteiger partial charge in [0.15, 0.2) is 0 Å². The summed E-state index contributed by atoms with van der Waals surface area (Å²) in [5.74, 6) is 1.07. The molecule has 1 fully saturated rings. The van der Waals surface area contributed by atoms with Crippen LogP contribution in [0.4, 0.5) is 0 Å². The summed E-state index contributed by atoms with van der Waals surface area (Å²) in [5.41, 5.74) is 0.780. The van der Waals surface area contributed by atoms with E-state index in [4.69, 9.17) is 4.74 Å². The Kier molecular flexibility index (Phi) is 5.85. The summed E-state index contributed by atoms with van der Waals surface area (Å²) in [6.07, 6.45) is 1.00. The van der Waals surface area contributed by atoms with Crippen LogP contribution in [-0.2, 0) is 0 Å². The maximum atomic E-state index is 12.4. The zero-order chi connectivity index (χ0) is 16.6. The van der Waals surface area contributed by atoms with E-state index in [0.29, 0.717) is 0 Å². The molecular formula is C20H24N2O2. The second-order valence-corrected chi connectivity index (χ2v) is 6.01. The Morgan fingerprint density at radius 1 is 0.875 bits per heavy atom. The number of hydrogen-bond donors (Lipinski definition) is 0. The second kappa shape index (κ2) is 8.50. The molecule has 24 heavy (non-hydrogen) atoms. The predicted octanol–water partition coefficient (Wildman–Crippen LogP) is 2.91. The van der Waals surface area contributed by atoms with E-state index in [-0.39, 0.29) is 5.91 Å². The normalized spacial score (nSPS) is 15.2. The Bertz CT molecular complexity index is 623. The van der Waals surface area contributed by atoms with E-state index in [1.807, 2.05) is 65.6 Å². The topological polar surface area (TPSA) is 32.8 Å². The van der Waals surface area contributed by atoms with Crippen molar-refractivity contribution in [2.45, 2.75) is 6.42 Å². The van der Waals surface area contributed by atoms with Gasteiger partial charge in [0, 0.05) is 38.3 Å². The number of ether oxygens (including phenoxy) is 1. The Balaban J connectivity index is 1.36. The van der Waals surface area contributed by atoms with Crippen molar-refractivity contribution in [2.75, 3.05) is 39.3 Å².